The lowest BCUT2D eigenvalue weighted by molar-refractivity contribution is 0.0779. The van der Waals surface area contributed by atoms with E-state index < -0.39 is 17.3 Å². The van der Waals surface area contributed by atoms with Gasteiger partial charge in [0, 0.05) is 30.7 Å². The number of hydrogen-bond donors (Lipinski definition) is 3. The molecule has 3 aliphatic rings. The smallest absolute Gasteiger partial charge is 0.273 e. The van der Waals surface area contributed by atoms with Gasteiger partial charge in [-0.25, -0.2) is 4.39 Å². The van der Waals surface area contributed by atoms with Gasteiger partial charge in [0.2, 0.25) is 5.95 Å². The van der Waals surface area contributed by atoms with Crippen LogP contribution < -0.4 is 16.0 Å². The fraction of sp³-hybridized carbons (Fsp3) is 0.514. The van der Waals surface area contributed by atoms with E-state index in [1.807, 2.05) is 24.0 Å². The normalized spacial score (nSPS) is 21.3. The molecular formula is C35H44FN7O3. The molecule has 0 radical (unpaired) electrons. The zero-order chi connectivity index (χ0) is 32.6. The molecule has 0 bridgehead atoms. The van der Waals surface area contributed by atoms with Gasteiger partial charge in [-0.2, -0.15) is 4.98 Å². The molecule has 0 unspecified atom stereocenters. The molecule has 1 aliphatic carbocycles. The Morgan fingerprint density at radius 3 is 2.37 bits per heavy atom. The van der Waals surface area contributed by atoms with E-state index in [0.29, 0.717) is 24.0 Å². The van der Waals surface area contributed by atoms with Crippen molar-refractivity contribution in [2.24, 2.45) is 11.7 Å². The van der Waals surface area contributed by atoms with Gasteiger partial charge in [-0.3, -0.25) is 9.59 Å². The maximum atomic E-state index is 14.9. The molecule has 2 aliphatic heterocycles. The molecule has 2 saturated heterocycles. The van der Waals surface area contributed by atoms with Crippen LogP contribution in [0, 0.1) is 11.7 Å². The minimum absolute atomic E-state index is 0.0160. The van der Waals surface area contributed by atoms with Crippen molar-refractivity contribution in [1.29, 1.82) is 0 Å². The lowest BCUT2D eigenvalue weighted by Crippen LogP contribution is -2.45. The van der Waals surface area contributed by atoms with Crippen molar-refractivity contribution < 1.29 is 19.1 Å². The number of primary amides is 1. The number of aliphatic hydroxyl groups is 1. The topological polar surface area (TPSA) is 138 Å². The van der Waals surface area contributed by atoms with Gasteiger partial charge in [0.15, 0.2) is 17.3 Å². The maximum absolute atomic E-state index is 14.9. The lowest BCUT2D eigenvalue weighted by Gasteiger charge is -2.39. The van der Waals surface area contributed by atoms with Crippen LogP contribution in [0.4, 0.5) is 21.8 Å². The Morgan fingerprint density at radius 2 is 1.74 bits per heavy atom. The van der Waals surface area contributed by atoms with Gasteiger partial charge in [-0.05, 0) is 120 Å². The Kier molecular flexibility index (Phi) is 9.07. The molecule has 3 heterocycles. The Bertz CT molecular complexity index is 1580. The largest absolute Gasteiger partial charge is 0.386 e. The molecule has 10 nitrogen and oxygen atoms in total. The number of nitrogens with one attached hydrogen (secondary N) is 1. The van der Waals surface area contributed by atoms with Crippen LogP contribution in [0.2, 0.25) is 0 Å². The number of rotatable bonds is 10. The van der Waals surface area contributed by atoms with Gasteiger partial charge in [0.05, 0.1) is 11.2 Å². The molecule has 0 spiro atoms. The van der Waals surface area contributed by atoms with Crippen LogP contribution in [-0.4, -0.2) is 68.6 Å². The van der Waals surface area contributed by atoms with Crippen molar-refractivity contribution >= 4 is 29.1 Å². The number of piperidine rings is 2. The minimum Gasteiger partial charge on any atom is -0.386 e. The summed E-state index contributed by atoms with van der Waals surface area (Å²) in [5, 5.41) is 21.8. The summed E-state index contributed by atoms with van der Waals surface area (Å²) in [7, 11) is 0. The van der Waals surface area contributed by atoms with Gasteiger partial charge < -0.3 is 26.0 Å². The van der Waals surface area contributed by atoms with E-state index >= 15 is 0 Å². The van der Waals surface area contributed by atoms with Crippen LogP contribution in [0.3, 0.4) is 0 Å². The van der Waals surface area contributed by atoms with Crippen molar-refractivity contribution in [2.45, 2.75) is 89.3 Å². The number of halogens is 1. The molecule has 244 valence electrons. The summed E-state index contributed by atoms with van der Waals surface area (Å²) in [6.07, 6.45) is 6.74. The highest BCUT2D eigenvalue weighted by Gasteiger charge is 2.34. The number of hydrogen-bond acceptors (Lipinski definition) is 9. The number of carbonyl (C=O) groups is 2. The zero-order valence-electron chi connectivity index (χ0n) is 26.9. The third kappa shape index (κ3) is 7.05. The molecule has 2 atom stereocenters. The SMILES string of the molecule is C[C@@H]1[C@H](CC(=O)c2ccc(C(C)(C)O)cc2F)CCCN1c1nnc(C(N)=O)c(Nc2ccc(C3CCN(C4CC4)CC3)cc2)n1. The number of benzene rings is 2. The number of Topliss-reactive ketones (excluding diaryl/α,β-unsaturated/α-hetero) is 1. The van der Waals surface area contributed by atoms with Gasteiger partial charge >= 0.3 is 0 Å². The van der Waals surface area contributed by atoms with E-state index in [0.717, 1.165) is 50.5 Å². The summed E-state index contributed by atoms with van der Waals surface area (Å²) < 4.78 is 14.9. The lowest BCUT2D eigenvalue weighted by atomic mass is 9.84. The number of nitrogens with two attached hydrogens (primary N) is 1. The molecule has 6 rings (SSSR count). The Morgan fingerprint density at radius 1 is 1.02 bits per heavy atom. The fourth-order valence-corrected chi connectivity index (χ4v) is 6.95. The van der Waals surface area contributed by atoms with Crippen molar-refractivity contribution in [3.05, 3.63) is 70.7 Å². The summed E-state index contributed by atoms with van der Waals surface area (Å²) in [5.41, 5.74) is 6.88. The zero-order valence-corrected chi connectivity index (χ0v) is 26.9. The number of aromatic nitrogens is 3. The second-order valence-corrected chi connectivity index (χ2v) is 13.7. The first-order chi connectivity index (χ1) is 22.0. The summed E-state index contributed by atoms with van der Waals surface area (Å²) in [6.45, 7) is 8.10. The number of likely N-dealkylation sites (tertiary alicyclic amines) is 1. The molecule has 3 aromatic rings. The molecule has 1 saturated carbocycles. The molecule has 1 aromatic heterocycles. The third-order valence-electron chi connectivity index (χ3n) is 9.97. The quantitative estimate of drug-likeness (QED) is 0.255. The predicted octanol–water partition coefficient (Wildman–Crippen LogP) is 5.30. The number of anilines is 3. The number of carbonyl (C=O) groups excluding carboxylic acids is 2. The highest BCUT2D eigenvalue weighted by atomic mass is 19.1. The molecule has 46 heavy (non-hydrogen) atoms. The summed E-state index contributed by atoms with van der Waals surface area (Å²) >= 11 is 0. The van der Waals surface area contributed by atoms with Crippen LogP contribution in [0.5, 0.6) is 0 Å². The number of nitrogens with zero attached hydrogens (tertiary/aromatic N) is 5. The molecule has 11 heteroatoms. The van der Waals surface area contributed by atoms with E-state index in [4.69, 9.17) is 10.7 Å². The fourth-order valence-electron chi connectivity index (χ4n) is 6.95. The average Bonchev–Trinajstić information content (AvgIpc) is 3.88. The first-order valence-corrected chi connectivity index (χ1v) is 16.5. The van der Waals surface area contributed by atoms with Gasteiger partial charge in [0.25, 0.3) is 5.91 Å². The third-order valence-corrected chi connectivity index (χ3v) is 9.97. The number of amides is 1. The first-order valence-electron chi connectivity index (χ1n) is 16.5. The molecule has 4 N–H and O–H groups in total. The second kappa shape index (κ2) is 13.0. The highest BCUT2D eigenvalue weighted by molar-refractivity contribution is 5.97. The van der Waals surface area contributed by atoms with Crippen LogP contribution >= 0.6 is 0 Å². The Balaban J connectivity index is 1.14. The highest BCUT2D eigenvalue weighted by Crippen LogP contribution is 2.36. The summed E-state index contributed by atoms with van der Waals surface area (Å²) in [4.78, 5) is 34.8. The summed E-state index contributed by atoms with van der Waals surface area (Å²) in [5.74, 6) is -0.640. The Hall–Kier alpha value is -3.96. The van der Waals surface area contributed by atoms with Crippen LogP contribution in [0.15, 0.2) is 42.5 Å². The van der Waals surface area contributed by atoms with Crippen LogP contribution in [0.25, 0.3) is 0 Å². The molecular weight excluding hydrogens is 585 g/mol. The van der Waals surface area contributed by atoms with Crippen molar-refractivity contribution in [3.63, 3.8) is 0 Å². The average molecular weight is 630 g/mol. The minimum atomic E-state index is -1.21. The van der Waals surface area contributed by atoms with Crippen LogP contribution in [-0.2, 0) is 5.60 Å². The van der Waals surface area contributed by atoms with E-state index in [1.165, 1.54) is 30.5 Å². The standard InChI is InChI=1S/C35H44FN7O3/c1-21-24(19-30(44)28-13-8-25(20-29(28)36)35(2,3)46)5-4-16-43(21)34-39-33(31(32(37)45)40-41-34)38-26-9-6-22(7-10-26)23-14-17-42(18-15-23)27-11-12-27/h6-10,13,20-21,23-24,27,46H,4-5,11-12,14-19H2,1-3H3,(H2,37,45)(H,38,39,41)/t21-,24+/m1/s1. The van der Waals surface area contributed by atoms with Crippen molar-refractivity contribution in [3.8, 4) is 0 Å². The van der Waals surface area contributed by atoms with Crippen LogP contribution in [0.1, 0.15) is 104 Å². The molecule has 1 amide bonds. The van der Waals surface area contributed by atoms with Gasteiger partial charge in [0.1, 0.15) is 5.82 Å². The molecule has 3 fully saturated rings. The summed E-state index contributed by atoms with van der Waals surface area (Å²) in [6, 6.07) is 13.2. The van der Waals surface area contributed by atoms with Gasteiger partial charge in [-0.15, -0.1) is 10.2 Å². The monoisotopic (exact) mass is 629 g/mol. The number of ketones is 1. The van der Waals surface area contributed by atoms with E-state index in [2.05, 4.69) is 32.5 Å². The van der Waals surface area contributed by atoms with Crippen molar-refractivity contribution in [1.82, 2.24) is 20.1 Å². The predicted molar refractivity (Wildman–Crippen MR) is 175 cm³/mol. The second-order valence-electron chi connectivity index (χ2n) is 13.7. The Labute approximate surface area is 269 Å². The van der Waals surface area contributed by atoms with E-state index in [-0.39, 0.29) is 41.2 Å². The molecule has 2 aromatic carbocycles. The van der Waals surface area contributed by atoms with Crippen molar-refractivity contribution in [2.75, 3.05) is 29.9 Å². The van der Waals surface area contributed by atoms with E-state index in [1.54, 1.807) is 19.9 Å². The first kappa shape index (κ1) is 32.0. The van der Waals surface area contributed by atoms with Gasteiger partial charge in [-0.1, -0.05) is 18.2 Å². The maximum Gasteiger partial charge on any atom is 0.273 e. The van der Waals surface area contributed by atoms with E-state index in [9.17, 15) is 19.1 Å².